The Morgan fingerprint density at radius 3 is 2.25 bits per heavy atom. The zero-order valence-corrected chi connectivity index (χ0v) is 13.6. The SMILES string of the molecule is COc1ccc(N2CCN(OC(=O)Nc3ccccc3)CC2)cc1. The number of methoxy groups -OCH3 is 1. The van der Waals surface area contributed by atoms with E-state index in [4.69, 9.17) is 9.57 Å². The minimum absolute atomic E-state index is 0.459. The second-order valence-electron chi connectivity index (χ2n) is 5.48. The lowest BCUT2D eigenvalue weighted by Crippen LogP contribution is -2.47. The summed E-state index contributed by atoms with van der Waals surface area (Å²) in [6.07, 6.45) is -0.459. The molecule has 3 rings (SSSR count). The third-order valence-corrected chi connectivity index (χ3v) is 3.91. The van der Waals surface area contributed by atoms with Crippen molar-refractivity contribution in [3.63, 3.8) is 0 Å². The van der Waals surface area contributed by atoms with Crippen molar-refractivity contribution in [2.75, 3.05) is 43.5 Å². The Morgan fingerprint density at radius 1 is 0.958 bits per heavy atom. The summed E-state index contributed by atoms with van der Waals surface area (Å²) in [5, 5.41) is 4.41. The van der Waals surface area contributed by atoms with E-state index in [1.807, 2.05) is 54.6 Å². The number of hydroxylamine groups is 2. The molecule has 6 nitrogen and oxygen atoms in total. The molecule has 0 unspecified atom stereocenters. The van der Waals surface area contributed by atoms with Crippen LogP contribution in [-0.2, 0) is 4.84 Å². The first-order chi connectivity index (χ1) is 11.7. The molecule has 0 radical (unpaired) electrons. The van der Waals surface area contributed by atoms with Gasteiger partial charge in [-0.2, -0.15) is 0 Å². The van der Waals surface area contributed by atoms with Gasteiger partial charge in [-0.3, -0.25) is 5.32 Å². The Morgan fingerprint density at radius 2 is 1.62 bits per heavy atom. The Balaban J connectivity index is 1.47. The average molecular weight is 327 g/mol. The summed E-state index contributed by atoms with van der Waals surface area (Å²) < 4.78 is 5.17. The molecule has 0 bridgehead atoms. The summed E-state index contributed by atoms with van der Waals surface area (Å²) in [5.41, 5.74) is 1.86. The van der Waals surface area contributed by atoms with Gasteiger partial charge in [0.05, 0.1) is 20.2 Å². The highest BCUT2D eigenvalue weighted by Crippen LogP contribution is 2.20. The van der Waals surface area contributed by atoms with Crippen LogP contribution in [0.25, 0.3) is 0 Å². The molecule has 0 saturated carbocycles. The molecule has 1 saturated heterocycles. The summed E-state index contributed by atoms with van der Waals surface area (Å²) in [6.45, 7) is 2.92. The molecule has 1 fully saturated rings. The number of piperazine rings is 1. The van der Waals surface area contributed by atoms with Crippen LogP contribution >= 0.6 is 0 Å². The van der Waals surface area contributed by atoms with Gasteiger partial charge in [-0.15, -0.1) is 5.06 Å². The van der Waals surface area contributed by atoms with Crippen molar-refractivity contribution in [1.82, 2.24) is 5.06 Å². The highest BCUT2D eigenvalue weighted by Gasteiger charge is 2.20. The number of carbonyl (C=O) groups excluding carboxylic acids is 1. The minimum Gasteiger partial charge on any atom is -0.497 e. The lowest BCUT2D eigenvalue weighted by Gasteiger charge is -2.34. The van der Waals surface area contributed by atoms with Crippen LogP contribution in [0.4, 0.5) is 16.2 Å². The molecule has 1 N–H and O–H groups in total. The van der Waals surface area contributed by atoms with Gasteiger partial charge in [0.2, 0.25) is 0 Å². The number of nitrogens with zero attached hydrogens (tertiary/aromatic N) is 2. The lowest BCUT2D eigenvalue weighted by molar-refractivity contribution is -0.0966. The zero-order chi connectivity index (χ0) is 16.8. The fraction of sp³-hybridized carbons (Fsp3) is 0.278. The number of amides is 1. The summed E-state index contributed by atoms with van der Waals surface area (Å²) in [6, 6.07) is 17.2. The molecular weight excluding hydrogens is 306 g/mol. The molecule has 1 amide bonds. The van der Waals surface area contributed by atoms with E-state index in [0.717, 1.165) is 30.2 Å². The zero-order valence-electron chi connectivity index (χ0n) is 13.6. The molecule has 1 aliphatic rings. The molecule has 0 aliphatic carbocycles. The van der Waals surface area contributed by atoms with Gasteiger partial charge in [0.25, 0.3) is 0 Å². The third kappa shape index (κ3) is 4.17. The molecule has 0 aromatic heterocycles. The van der Waals surface area contributed by atoms with E-state index in [-0.39, 0.29) is 0 Å². The van der Waals surface area contributed by atoms with Crippen molar-refractivity contribution < 1.29 is 14.4 Å². The Bertz CT molecular complexity index is 653. The number of hydrogen-bond acceptors (Lipinski definition) is 5. The Labute approximate surface area is 141 Å². The number of benzene rings is 2. The predicted molar refractivity (Wildman–Crippen MR) is 93.3 cm³/mol. The van der Waals surface area contributed by atoms with Crippen molar-refractivity contribution in [2.45, 2.75) is 0 Å². The van der Waals surface area contributed by atoms with Gasteiger partial charge < -0.3 is 14.5 Å². The van der Waals surface area contributed by atoms with Crippen LogP contribution in [0.1, 0.15) is 0 Å². The molecule has 0 spiro atoms. The van der Waals surface area contributed by atoms with E-state index in [1.165, 1.54) is 0 Å². The van der Waals surface area contributed by atoms with E-state index in [9.17, 15) is 4.79 Å². The van der Waals surface area contributed by atoms with Crippen molar-refractivity contribution in [3.05, 3.63) is 54.6 Å². The first-order valence-corrected chi connectivity index (χ1v) is 7.92. The molecule has 2 aromatic rings. The quantitative estimate of drug-likeness (QED) is 0.935. The van der Waals surface area contributed by atoms with Gasteiger partial charge in [0.15, 0.2) is 0 Å². The largest absolute Gasteiger partial charge is 0.497 e. The van der Waals surface area contributed by atoms with Gasteiger partial charge >= 0.3 is 6.09 Å². The van der Waals surface area contributed by atoms with E-state index in [0.29, 0.717) is 13.1 Å². The topological polar surface area (TPSA) is 54.0 Å². The van der Waals surface area contributed by atoms with Gasteiger partial charge in [-0.1, -0.05) is 18.2 Å². The monoisotopic (exact) mass is 327 g/mol. The van der Waals surface area contributed by atoms with Crippen LogP contribution in [0.5, 0.6) is 5.75 Å². The summed E-state index contributed by atoms with van der Waals surface area (Å²) >= 11 is 0. The highest BCUT2D eigenvalue weighted by atomic mass is 16.7. The van der Waals surface area contributed by atoms with Gasteiger partial charge in [-0.25, -0.2) is 4.79 Å². The van der Waals surface area contributed by atoms with Crippen LogP contribution in [0.2, 0.25) is 0 Å². The van der Waals surface area contributed by atoms with Crippen LogP contribution < -0.4 is 15.0 Å². The maximum atomic E-state index is 11.9. The normalized spacial score (nSPS) is 15.0. The Kier molecular flexibility index (Phi) is 5.18. The standard InChI is InChI=1S/C18H21N3O3/c1-23-17-9-7-16(8-10-17)20-11-13-21(14-12-20)24-18(22)19-15-5-3-2-4-6-15/h2-10H,11-14H2,1H3,(H,19,22). The maximum absolute atomic E-state index is 11.9. The van der Waals surface area contributed by atoms with Crippen LogP contribution in [0.3, 0.4) is 0 Å². The number of para-hydroxylation sites is 1. The van der Waals surface area contributed by atoms with Crippen LogP contribution in [-0.4, -0.2) is 44.4 Å². The fourth-order valence-electron chi connectivity index (χ4n) is 2.61. The first-order valence-electron chi connectivity index (χ1n) is 7.92. The van der Waals surface area contributed by atoms with Crippen LogP contribution in [0.15, 0.2) is 54.6 Å². The van der Waals surface area contributed by atoms with Crippen molar-refractivity contribution in [1.29, 1.82) is 0 Å². The number of rotatable bonds is 4. The molecule has 126 valence electrons. The van der Waals surface area contributed by atoms with E-state index in [2.05, 4.69) is 10.2 Å². The van der Waals surface area contributed by atoms with Crippen LogP contribution in [0, 0.1) is 0 Å². The molecule has 24 heavy (non-hydrogen) atoms. The molecule has 6 heteroatoms. The molecule has 1 aliphatic heterocycles. The minimum atomic E-state index is -0.459. The average Bonchev–Trinajstić information content (AvgIpc) is 2.63. The Hall–Kier alpha value is -2.73. The van der Waals surface area contributed by atoms with Crippen molar-refractivity contribution >= 4 is 17.5 Å². The number of hydrogen-bond donors (Lipinski definition) is 1. The predicted octanol–water partition coefficient (Wildman–Crippen LogP) is 2.98. The smallest absolute Gasteiger partial charge is 0.430 e. The molecule has 2 aromatic carbocycles. The second kappa shape index (κ2) is 7.70. The number of anilines is 2. The van der Waals surface area contributed by atoms with Gasteiger partial charge in [-0.05, 0) is 36.4 Å². The van der Waals surface area contributed by atoms with Crippen molar-refractivity contribution in [3.8, 4) is 5.75 Å². The molecule has 0 atom stereocenters. The van der Waals surface area contributed by atoms with Gasteiger partial charge in [0, 0.05) is 24.5 Å². The van der Waals surface area contributed by atoms with Gasteiger partial charge in [0.1, 0.15) is 5.75 Å². The van der Waals surface area contributed by atoms with E-state index in [1.54, 1.807) is 12.2 Å². The number of carbonyl (C=O) groups is 1. The second-order valence-corrected chi connectivity index (χ2v) is 5.48. The lowest BCUT2D eigenvalue weighted by atomic mass is 10.2. The summed E-state index contributed by atoms with van der Waals surface area (Å²) in [7, 11) is 1.66. The van der Waals surface area contributed by atoms with E-state index >= 15 is 0 Å². The third-order valence-electron chi connectivity index (χ3n) is 3.91. The number of ether oxygens (including phenoxy) is 1. The summed E-state index contributed by atoms with van der Waals surface area (Å²) in [5.74, 6) is 0.846. The van der Waals surface area contributed by atoms with Crippen molar-refractivity contribution in [2.24, 2.45) is 0 Å². The highest BCUT2D eigenvalue weighted by molar-refractivity contribution is 5.84. The maximum Gasteiger partial charge on any atom is 0.430 e. The molecule has 1 heterocycles. The first kappa shape index (κ1) is 16.1. The fourth-order valence-corrected chi connectivity index (χ4v) is 2.61. The van der Waals surface area contributed by atoms with E-state index < -0.39 is 6.09 Å². The number of nitrogens with one attached hydrogen (secondary N) is 1. The summed E-state index contributed by atoms with van der Waals surface area (Å²) in [4.78, 5) is 19.5. The molecular formula is C18H21N3O3.